The Hall–Kier alpha value is -1.68. The highest BCUT2D eigenvalue weighted by atomic mass is 15.3. The van der Waals surface area contributed by atoms with Crippen LogP contribution in [0.25, 0.3) is 11.4 Å². The second-order valence-corrected chi connectivity index (χ2v) is 6.07. The van der Waals surface area contributed by atoms with Crippen LogP contribution in [0, 0.1) is 19.8 Å². The van der Waals surface area contributed by atoms with Crippen LogP contribution in [-0.4, -0.2) is 21.3 Å². The SMILES string of the molecule is Cc1cccc(C)c1-c1nnc2n1CCNC2C1CC1. The molecule has 0 spiro atoms. The number of rotatable bonds is 2. The minimum atomic E-state index is 0.411. The van der Waals surface area contributed by atoms with Crippen LogP contribution in [0.2, 0.25) is 0 Å². The molecule has 1 fully saturated rings. The van der Waals surface area contributed by atoms with Crippen molar-refractivity contribution in [3.8, 4) is 11.4 Å². The summed E-state index contributed by atoms with van der Waals surface area (Å²) in [5.41, 5.74) is 3.81. The Bertz CT molecular complexity index is 634. The molecule has 0 radical (unpaired) electrons. The minimum absolute atomic E-state index is 0.411. The van der Waals surface area contributed by atoms with E-state index in [-0.39, 0.29) is 0 Å². The van der Waals surface area contributed by atoms with Crippen molar-refractivity contribution in [3.05, 3.63) is 35.2 Å². The fraction of sp³-hybridized carbons (Fsp3) is 0.500. The summed E-state index contributed by atoms with van der Waals surface area (Å²) >= 11 is 0. The molecule has 1 aromatic carbocycles. The van der Waals surface area contributed by atoms with Gasteiger partial charge in [0.05, 0.1) is 6.04 Å². The van der Waals surface area contributed by atoms with Crippen molar-refractivity contribution in [2.45, 2.75) is 39.3 Å². The summed E-state index contributed by atoms with van der Waals surface area (Å²) in [7, 11) is 0. The van der Waals surface area contributed by atoms with Gasteiger partial charge in [-0.15, -0.1) is 10.2 Å². The minimum Gasteiger partial charge on any atom is -0.308 e. The summed E-state index contributed by atoms with van der Waals surface area (Å²) < 4.78 is 2.33. The number of hydrogen-bond donors (Lipinski definition) is 1. The Morgan fingerprint density at radius 1 is 1.15 bits per heavy atom. The molecular formula is C16H20N4. The van der Waals surface area contributed by atoms with E-state index in [1.807, 2.05) is 0 Å². The molecule has 0 saturated heterocycles. The molecule has 4 nitrogen and oxygen atoms in total. The molecule has 2 aliphatic rings. The van der Waals surface area contributed by atoms with Crippen LogP contribution in [0.5, 0.6) is 0 Å². The number of fused-ring (bicyclic) bond motifs is 1. The first kappa shape index (κ1) is 12.1. The van der Waals surface area contributed by atoms with Crippen molar-refractivity contribution >= 4 is 0 Å². The summed E-state index contributed by atoms with van der Waals surface area (Å²) in [6.45, 7) is 6.30. The molecule has 1 aliphatic carbocycles. The van der Waals surface area contributed by atoms with Gasteiger partial charge in [-0.2, -0.15) is 0 Å². The molecule has 1 N–H and O–H groups in total. The Balaban J connectivity index is 1.84. The molecule has 2 heterocycles. The quantitative estimate of drug-likeness (QED) is 0.910. The molecule has 1 aromatic heterocycles. The summed E-state index contributed by atoms with van der Waals surface area (Å²) in [5.74, 6) is 2.95. The lowest BCUT2D eigenvalue weighted by Crippen LogP contribution is -2.35. The molecule has 1 atom stereocenters. The summed E-state index contributed by atoms with van der Waals surface area (Å²) in [5, 5.41) is 12.6. The highest BCUT2D eigenvalue weighted by Crippen LogP contribution is 2.42. The maximum absolute atomic E-state index is 4.52. The predicted octanol–water partition coefficient (Wildman–Crippen LogP) is 2.62. The molecule has 4 heteroatoms. The van der Waals surface area contributed by atoms with Gasteiger partial charge in [0, 0.05) is 18.7 Å². The molecular weight excluding hydrogens is 248 g/mol. The molecule has 4 rings (SSSR count). The third kappa shape index (κ3) is 1.79. The van der Waals surface area contributed by atoms with Crippen LogP contribution in [0.1, 0.15) is 35.8 Å². The van der Waals surface area contributed by atoms with Crippen LogP contribution >= 0.6 is 0 Å². The van der Waals surface area contributed by atoms with Crippen LogP contribution in [-0.2, 0) is 6.54 Å². The van der Waals surface area contributed by atoms with Gasteiger partial charge in [-0.1, -0.05) is 18.2 Å². The van der Waals surface area contributed by atoms with E-state index < -0.39 is 0 Å². The third-order valence-electron chi connectivity index (χ3n) is 4.56. The van der Waals surface area contributed by atoms with E-state index in [2.05, 4.69) is 52.1 Å². The van der Waals surface area contributed by atoms with Gasteiger partial charge in [-0.25, -0.2) is 0 Å². The third-order valence-corrected chi connectivity index (χ3v) is 4.56. The van der Waals surface area contributed by atoms with Crippen LogP contribution in [0.15, 0.2) is 18.2 Å². The lowest BCUT2D eigenvalue weighted by molar-refractivity contribution is 0.383. The van der Waals surface area contributed by atoms with E-state index in [0.29, 0.717) is 6.04 Å². The van der Waals surface area contributed by atoms with E-state index in [0.717, 1.165) is 30.7 Å². The van der Waals surface area contributed by atoms with E-state index in [4.69, 9.17) is 0 Å². The second kappa shape index (κ2) is 4.42. The summed E-state index contributed by atoms with van der Waals surface area (Å²) in [6, 6.07) is 6.83. The summed E-state index contributed by atoms with van der Waals surface area (Å²) in [6.07, 6.45) is 2.65. The molecule has 1 aliphatic heterocycles. The maximum Gasteiger partial charge on any atom is 0.164 e. The first-order chi connectivity index (χ1) is 9.75. The highest BCUT2D eigenvalue weighted by molar-refractivity contribution is 5.64. The van der Waals surface area contributed by atoms with Gasteiger partial charge in [-0.3, -0.25) is 0 Å². The second-order valence-electron chi connectivity index (χ2n) is 6.07. The topological polar surface area (TPSA) is 42.7 Å². The highest BCUT2D eigenvalue weighted by Gasteiger charge is 2.37. The largest absolute Gasteiger partial charge is 0.308 e. The average Bonchev–Trinajstić information content (AvgIpc) is 3.20. The average molecular weight is 268 g/mol. The zero-order valence-electron chi connectivity index (χ0n) is 12.1. The van der Waals surface area contributed by atoms with E-state index in [9.17, 15) is 0 Å². The zero-order valence-corrected chi connectivity index (χ0v) is 12.1. The van der Waals surface area contributed by atoms with E-state index >= 15 is 0 Å². The van der Waals surface area contributed by atoms with Gasteiger partial charge in [-0.05, 0) is 43.7 Å². The smallest absolute Gasteiger partial charge is 0.164 e. The van der Waals surface area contributed by atoms with Gasteiger partial charge >= 0.3 is 0 Å². The summed E-state index contributed by atoms with van der Waals surface area (Å²) in [4.78, 5) is 0. The van der Waals surface area contributed by atoms with E-state index in [1.165, 1.54) is 29.5 Å². The number of nitrogens with one attached hydrogen (secondary N) is 1. The number of aryl methyl sites for hydroxylation is 2. The van der Waals surface area contributed by atoms with Crippen molar-refractivity contribution < 1.29 is 0 Å². The molecule has 0 amide bonds. The maximum atomic E-state index is 4.52. The normalized spacial score (nSPS) is 21.8. The Kier molecular flexibility index (Phi) is 2.67. The molecule has 0 bridgehead atoms. The van der Waals surface area contributed by atoms with Crippen molar-refractivity contribution in [2.24, 2.45) is 5.92 Å². The Labute approximate surface area is 119 Å². The van der Waals surface area contributed by atoms with Crippen LogP contribution in [0.4, 0.5) is 0 Å². The monoisotopic (exact) mass is 268 g/mol. The zero-order chi connectivity index (χ0) is 13.7. The van der Waals surface area contributed by atoms with Crippen LogP contribution < -0.4 is 5.32 Å². The predicted molar refractivity (Wildman–Crippen MR) is 78.4 cm³/mol. The van der Waals surface area contributed by atoms with Gasteiger partial charge in [0.15, 0.2) is 11.6 Å². The van der Waals surface area contributed by atoms with Crippen molar-refractivity contribution in [1.82, 2.24) is 20.1 Å². The van der Waals surface area contributed by atoms with Gasteiger partial charge < -0.3 is 9.88 Å². The fourth-order valence-corrected chi connectivity index (χ4v) is 3.35. The first-order valence-corrected chi connectivity index (χ1v) is 7.49. The van der Waals surface area contributed by atoms with Gasteiger partial charge in [0.25, 0.3) is 0 Å². The molecule has 2 aromatic rings. The Morgan fingerprint density at radius 2 is 1.90 bits per heavy atom. The fourth-order valence-electron chi connectivity index (χ4n) is 3.35. The van der Waals surface area contributed by atoms with Crippen molar-refractivity contribution in [3.63, 3.8) is 0 Å². The van der Waals surface area contributed by atoms with Crippen molar-refractivity contribution in [2.75, 3.05) is 6.54 Å². The number of nitrogens with zero attached hydrogens (tertiary/aromatic N) is 3. The molecule has 1 unspecified atom stereocenters. The van der Waals surface area contributed by atoms with Gasteiger partial charge in [0.2, 0.25) is 0 Å². The van der Waals surface area contributed by atoms with E-state index in [1.54, 1.807) is 0 Å². The molecule has 104 valence electrons. The Morgan fingerprint density at radius 3 is 2.60 bits per heavy atom. The lowest BCUT2D eigenvalue weighted by atomic mass is 10.0. The van der Waals surface area contributed by atoms with Crippen molar-refractivity contribution in [1.29, 1.82) is 0 Å². The lowest BCUT2D eigenvalue weighted by Gasteiger charge is -2.25. The molecule has 1 saturated carbocycles. The van der Waals surface area contributed by atoms with Gasteiger partial charge in [0.1, 0.15) is 0 Å². The standard InChI is InChI=1S/C16H20N4/c1-10-4-3-5-11(2)13(10)15-18-19-16-14(12-6-7-12)17-8-9-20(15)16/h3-5,12,14,17H,6-9H2,1-2H3. The number of hydrogen-bond acceptors (Lipinski definition) is 3. The number of benzene rings is 1. The molecule has 20 heavy (non-hydrogen) atoms. The first-order valence-electron chi connectivity index (χ1n) is 7.49. The number of aromatic nitrogens is 3. The van der Waals surface area contributed by atoms with Crippen LogP contribution in [0.3, 0.4) is 0 Å².